The Kier molecular flexibility index (Phi) is 15.4. The van der Waals surface area contributed by atoms with E-state index in [1.807, 2.05) is 6.92 Å². The summed E-state index contributed by atoms with van der Waals surface area (Å²) in [6.07, 6.45) is 3.23. The largest absolute Gasteiger partial charge is 0.431 e. The fourth-order valence-corrected chi connectivity index (χ4v) is 1.39. The van der Waals surface area contributed by atoms with E-state index in [4.69, 9.17) is 4.84 Å². The first kappa shape index (κ1) is 24.3. The van der Waals surface area contributed by atoms with Crippen molar-refractivity contribution in [2.45, 2.75) is 45.8 Å². The molecule has 19 heavy (non-hydrogen) atoms. The molecule has 1 aliphatic heterocycles. The van der Waals surface area contributed by atoms with E-state index in [0.717, 1.165) is 0 Å². The summed E-state index contributed by atoms with van der Waals surface area (Å²) in [5.74, 6) is -0.220. The molecule has 1 aliphatic rings. The van der Waals surface area contributed by atoms with Gasteiger partial charge in [-0.3, -0.25) is 9.59 Å². The normalized spacial score (nSPS) is 18.8. The summed E-state index contributed by atoms with van der Waals surface area (Å²) in [4.78, 5) is 27.6. The van der Waals surface area contributed by atoms with Gasteiger partial charge in [0.1, 0.15) is 11.9 Å². The monoisotopic (exact) mass is 529 g/mol. The number of carbonyl (C=O) groups excluding carboxylic acids is 2. The Morgan fingerprint density at radius 3 is 2.47 bits per heavy atom. The molecular formula is C12H20N2O3UV-2. The van der Waals surface area contributed by atoms with Crippen LogP contribution in [-0.4, -0.2) is 30.1 Å². The third-order valence-electron chi connectivity index (χ3n) is 2.78. The number of hydrogen-bond acceptors (Lipinski definition) is 4. The van der Waals surface area contributed by atoms with Gasteiger partial charge in [0.15, 0.2) is 0 Å². The summed E-state index contributed by atoms with van der Waals surface area (Å²) in [5.41, 5.74) is 0. The first-order valence-electron chi connectivity index (χ1n) is 5.39. The van der Waals surface area contributed by atoms with Crippen LogP contribution >= 0.6 is 0 Å². The molecule has 1 amide bonds. The van der Waals surface area contributed by atoms with E-state index in [1.54, 1.807) is 6.92 Å². The molecule has 0 aromatic rings. The van der Waals surface area contributed by atoms with Gasteiger partial charge in [-0.25, -0.2) is 0 Å². The van der Waals surface area contributed by atoms with Crippen LogP contribution in [0.4, 0.5) is 0 Å². The first-order valence-corrected chi connectivity index (χ1v) is 5.39. The molecule has 0 aromatic carbocycles. The van der Waals surface area contributed by atoms with Gasteiger partial charge >= 0.3 is 0 Å². The first-order chi connectivity index (χ1) is 7.50. The standard InChI is InChI=1S/C11H17N2O3.CH3.U.V/c1-7(9(3)14)8(2)13-11(15)6-10-4-5-12-16-10;;;/h7-8,10H,4,6H2,1-3H3,(H,13,15);1H3;;/q2*-1;;. The summed E-state index contributed by atoms with van der Waals surface area (Å²) >= 11 is 0. The summed E-state index contributed by atoms with van der Waals surface area (Å²) in [7, 11) is 0. The van der Waals surface area contributed by atoms with Crippen LogP contribution in [0.3, 0.4) is 0 Å². The maximum Gasteiger partial charge on any atom is 0.223 e. The van der Waals surface area contributed by atoms with Crippen LogP contribution in [0.1, 0.15) is 33.6 Å². The van der Waals surface area contributed by atoms with Gasteiger partial charge in [0.2, 0.25) is 5.91 Å². The summed E-state index contributed by atoms with van der Waals surface area (Å²) < 4.78 is 0. The molecule has 0 aliphatic carbocycles. The van der Waals surface area contributed by atoms with Crippen LogP contribution in [0, 0.1) is 44.5 Å². The molecule has 7 heteroatoms. The molecule has 0 spiro atoms. The van der Waals surface area contributed by atoms with E-state index < -0.39 is 0 Å². The molecule has 0 fully saturated rings. The van der Waals surface area contributed by atoms with Gasteiger partial charge in [-0.1, -0.05) is 6.92 Å². The molecule has 3 atom stereocenters. The van der Waals surface area contributed by atoms with Crippen molar-refractivity contribution in [1.29, 1.82) is 0 Å². The molecule has 1 rings (SSSR count). The van der Waals surface area contributed by atoms with Crippen molar-refractivity contribution in [3.63, 3.8) is 0 Å². The van der Waals surface area contributed by atoms with Crippen molar-refractivity contribution in [2.75, 3.05) is 0 Å². The Morgan fingerprint density at radius 1 is 1.47 bits per heavy atom. The zero-order valence-electron chi connectivity index (χ0n) is 11.8. The quantitative estimate of drug-likeness (QED) is 0.545. The number of hydrogen-bond donors (Lipinski definition) is 1. The third kappa shape index (κ3) is 8.91. The van der Waals surface area contributed by atoms with E-state index in [1.165, 1.54) is 6.92 Å². The van der Waals surface area contributed by atoms with Gasteiger partial charge in [-0.15, -0.1) is 6.42 Å². The Labute approximate surface area is 150 Å². The Balaban J connectivity index is -0.000000853. The minimum Gasteiger partial charge on any atom is -0.431 e. The fraction of sp³-hybridized carbons (Fsp3) is 0.667. The van der Waals surface area contributed by atoms with Crippen LogP contribution in [0.15, 0.2) is 5.16 Å². The molecule has 1 radical (unpaired) electrons. The van der Waals surface area contributed by atoms with Crippen LogP contribution in [0.5, 0.6) is 0 Å². The second kappa shape index (κ2) is 12.0. The summed E-state index contributed by atoms with van der Waals surface area (Å²) in [6.45, 7) is 5.15. The molecule has 0 bridgehead atoms. The molecule has 0 saturated carbocycles. The van der Waals surface area contributed by atoms with E-state index in [2.05, 4.69) is 16.7 Å². The maximum absolute atomic E-state index is 11.6. The van der Waals surface area contributed by atoms with Crippen molar-refractivity contribution in [3.8, 4) is 0 Å². The maximum atomic E-state index is 11.6. The zero-order valence-corrected chi connectivity index (χ0v) is 17.3. The topological polar surface area (TPSA) is 67.8 Å². The molecule has 1 heterocycles. The van der Waals surface area contributed by atoms with E-state index in [-0.39, 0.29) is 93.3 Å². The smallest absolute Gasteiger partial charge is 0.223 e. The molecule has 5 nitrogen and oxygen atoms in total. The molecular weight excluding hydrogens is 509 g/mol. The van der Waals surface area contributed by atoms with Crippen LogP contribution < -0.4 is 5.32 Å². The summed E-state index contributed by atoms with van der Waals surface area (Å²) in [5, 5.41) is 6.25. The zero-order chi connectivity index (χ0) is 12.1. The Bertz CT molecular complexity index is 305. The predicted octanol–water partition coefficient (Wildman–Crippen LogP) is 1.21. The third-order valence-corrected chi connectivity index (χ3v) is 2.78. The van der Waals surface area contributed by atoms with E-state index >= 15 is 0 Å². The Hall–Kier alpha value is 0.246. The number of nitrogens with zero attached hydrogens (tertiary/aromatic N) is 1. The molecule has 0 aromatic heterocycles. The second-order valence-electron chi connectivity index (χ2n) is 4.14. The molecule has 3 unspecified atom stereocenters. The number of carbonyl (C=O) groups is 2. The minimum absolute atomic E-state index is 0. The SMILES string of the molecule is CC(=O)C(C)C(C)NC(=O)CC1C[C-]=NO1.[CH3-].[U].[V]. The van der Waals surface area contributed by atoms with Gasteiger partial charge in [-0.05, 0) is 13.8 Å². The number of Topliss-reactive ketones (excluding diaryl/α,β-unsaturated/α-hetero) is 1. The summed E-state index contributed by atoms with van der Waals surface area (Å²) in [6, 6.07) is -0.156. The van der Waals surface area contributed by atoms with Gasteiger partial charge in [0.25, 0.3) is 0 Å². The number of rotatable bonds is 5. The van der Waals surface area contributed by atoms with Crippen molar-refractivity contribution in [2.24, 2.45) is 11.1 Å². The van der Waals surface area contributed by atoms with Gasteiger partial charge in [0.05, 0.1) is 6.42 Å². The van der Waals surface area contributed by atoms with Crippen LogP contribution in [0.25, 0.3) is 0 Å². The van der Waals surface area contributed by atoms with E-state index in [0.29, 0.717) is 6.42 Å². The van der Waals surface area contributed by atoms with Crippen LogP contribution in [-0.2, 0) is 33.0 Å². The fourth-order valence-electron chi connectivity index (χ4n) is 1.39. The molecule has 1 N–H and O–H groups in total. The number of nitrogens with one attached hydrogen (secondary N) is 1. The minimum atomic E-state index is -0.208. The molecule has 107 valence electrons. The van der Waals surface area contributed by atoms with Crippen molar-refractivity contribution >= 4 is 17.9 Å². The van der Waals surface area contributed by atoms with Crippen LogP contribution in [0.2, 0.25) is 0 Å². The van der Waals surface area contributed by atoms with Gasteiger partial charge < -0.3 is 29.0 Å². The number of ketones is 1. The van der Waals surface area contributed by atoms with Crippen molar-refractivity contribution < 1.29 is 64.1 Å². The second-order valence-corrected chi connectivity index (χ2v) is 4.14. The predicted molar refractivity (Wildman–Crippen MR) is 65.4 cm³/mol. The molecule has 0 saturated heterocycles. The van der Waals surface area contributed by atoms with Crippen molar-refractivity contribution in [1.82, 2.24) is 5.32 Å². The van der Waals surface area contributed by atoms with Gasteiger partial charge in [-0.2, -0.15) is 0 Å². The average molecular weight is 529 g/mol. The average Bonchev–Trinajstić information content (AvgIpc) is 2.68. The Morgan fingerprint density at radius 2 is 2.05 bits per heavy atom. The van der Waals surface area contributed by atoms with E-state index in [9.17, 15) is 9.59 Å². The van der Waals surface area contributed by atoms with Crippen molar-refractivity contribution in [3.05, 3.63) is 7.43 Å². The number of amides is 1. The van der Waals surface area contributed by atoms with Gasteiger partial charge in [0, 0.05) is 61.6 Å².